The quantitative estimate of drug-likeness (QED) is 0.695. The van der Waals surface area contributed by atoms with E-state index in [1.165, 1.54) is 31.5 Å². The molecule has 1 aliphatic rings. The first-order chi connectivity index (χ1) is 15.0. The van der Waals surface area contributed by atoms with Crippen LogP contribution in [0.4, 0.5) is 18.9 Å². The Morgan fingerprint density at radius 3 is 2.56 bits per heavy atom. The third kappa shape index (κ3) is 4.27. The number of amides is 2. The van der Waals surface area contributed by atoms with E-state index >= 15 is 0 Å². The number of nitrogens with one attached hydrogen (secondary N) is 1. The first-order valence-electron chi connectivity index (χ1n) is 9.87. The van der Waals surface area contributed by atoms with E-state index in [9.17, 15) is 22.8 Å². The number of rotatable bonds is 6. The van der Waals surface area contributed by atoms with Crippen LogP contribution in [-0.2, 0) is 9.53 Å². The average Bonchev–Trinajstić information content (AvgIpc) is 2.97. The minimum absolute atomic E-state index is 0.0397. The molecule has 0 unspecified atom stereocenters. The third-order valence-electron chi connectivity index (χ3n) is 5.89. The van der Waals surface area contributed by atoms with Gasteiger partial charge in [-0.1, -0.05) is 13.0 Å². The van der Waals surface area contributed by atoms with Gasteiger partial charge in [0, 0.05) is 23.4 Å². The van der Waals surface area contributed by atoms with E-state index in [0.717, 1.165) is 6.07 Å². The van der Waals surface area contributed by atoms with Crippen molar-refractivity contribution < 1.29 is 32.2 Å². The van der Waals surface area contributed by atoms with Gasteiger partial charge in [0.25, 0.3) is 18.2 Å². The number of primary amides is 1. The van der Waals surface area contributed by atoms with E-state index in [-0.39, 0.29) is 28.6 Å². The molecule has 3 atom stereocenters. The van der Waals surface area contributed by atoms with Crippen molar-refractivity contribution in [3.8, 4) is 5.75 Å². The molecule has 1 fully saturated rings. The molecule has 32 heavy (non-hydrogen) atoms. The van der Waals surface area contributed by atoms with Crippen LogP contribution in [0.2, 0.25) is 0 Å². The molecule has 10 heteroatoms. The van der Waals surface area contributed by atoms with Crippen molar-refractivity contribution in [2.45, 2.75) is 44.8 Å². The molecule has 1 aromatic carbocycles. The summed E-state index contributed by atoms with van der Waals surface area (Å²) in [5.74, 6) is -3.77. The molecule has 7 nitrogen and oxygen atoms in total. The van der Waals surface area contributed by atoms with Gasteiger partial charge in [-0.3, -0.25) is 14.6 Å². The van der Waals surface area contributed by atoms with Crippen molar-refractivity contribution in [1.82, 2.24) is 4.98 Å². The summed E-state index contributed by atoms with van der Waals surface area (Å²) in [5.41, 5.74) is 4.04. The molecule has 3 rings (SSSR count). The lowest BCUT2D eigenvalue weighted by atomic mass is 9.77. The Bertz CT molecular complexity index is 1050. The normalized spacial score (nSPS) is 22.1. The zero-order valence-corrected chi connectivity index (χ0v) is 18.0. The van der Waals surface area contributed by atoms with Crippen LogP contribution >= 0.6 is 0 Å². The summed E-state index contributed by atoms with van der Waals surface area (Å²) in [5, 5.41) is 2.65. The van der Waals surface area contributed by atoms with Crippen molar-refractivity contribution >= 4 is 17.5 Å². The molecule has 1 saturated heterocycles. The molecule has 0 spiro atoms. The molecule has 1 aromatic heterocycles. The molecule has 0 aliphatic carbocycles. The van der Waals surface area contributed by atoms with Crippen molar-refractivity contribution in [2.24, 2.45) is 11.7 Å². The van der Waals surface area contributed by atoms with E-state index in [0.29, 0.717) is 0 Å². The Kier molecular flexibility index (Phi) is 6.45. The number of nitrogens with two attached hydrogens (primary N) is 1. The standard InChI is InChI=1S/C22H24F3N3O4/c1-10-15(12-5-6-13(23)16(19(24)25)17(12)31-4)18(32-22(10,2)3)21(30)28-11-7-8-27-14(9-11)20(26)29/h5-10,15,18-19H,1-4H3,(H2,26,29)(H,27,28,30)/t10-,15-,18+/m0/s1. The van der Waals surface area contributed by atoms with Gasteiger partial charge in [-0.15, -0.1) is 0 Å². The van der Waals surface area contributed by atoms with E-state index in [4.69, 9.17) is 15.2 Å². The molecular weight excluding hydrogens is 427 g/mol. The van der Waals surface area contributed by atoms with E-state index in [1.54, 1.807) is 13.8 Å². The van der Waals surface area contributed by atoms with Crippen molar-refractivity contribution in [3.05, 3.63) is 53.1 Å². The fourth-order valence-corrected chi connectivity index (χ4v) is 3.99. The maximum absolute atomic E-state index is 14.1. The van der Waals surface area contributed by atoms with Crippen LogP contribution in [0.25, 0.3) is 0 Å². The number of carbonyl (C=O) groups is 2. The minimum atomic E-state index is -3.10. The molecule has 2 amide bonds. The Morgan fingerprint density at radius 1 is 1.28 bits per heavy atom. The fourth-order valence-electron chi connectivity index (χ4n) is 3.99. The number of halogens is 3. The summed E-state index contributed by atoms with van der Waals surface area (Å²) >= 11 is 0. The molecule has 0 saturated carbocycles. The van der Waals surface area contributed by atoms with E-state index in [1.807, 2.05) is 6.92 Å². The lowest BCUT2D eigenvalue weighted by Crippen LogP contribution is -2.33. The molecular formula is C22H24F3N3O4. The Hall–Kier alpha value is -3.14. The largest absolute Gasteiger partial charge is 0.496 e. The van der Waals surface area contributed by atoms with Crippen LogP contribution in [0, 0.1) is 11.7 Å². The maximum atomic E-state index is 14.1. The van der Waals surface area contributed by atoms with Gasteiger partial charge < -0.3 is 20.5 Å². The summed E-state index contributed by atoms with van der Waals surface area (Å²) in [4.78, 5) is 28.3. The Morgan fingerprint density at radius 2 is 1.97 bits per heavy atom. The highest BCUT2D eigenvalue weighted by Crippen LogP contribution is 2.50. The summed E-state index contributed by atoms with van der Waals surface area (Å²) in [7, 11) is 1.17. The highest BCUT2D eigenvalue weighted by Gasteiger charge is 2.51. The topological polar surface area (TPSA) is 104 Å². The van der Waals surface area contributed by atoms with Gasteiger partial charge in [-0.2, -0.15) is 0 Å². The lowest BCUT2D eigenvalue weighted by molar-refractivity contribution is -0.131. The van der Waals surface area contributed by atoms with Gasteiger partial charge in [0.15, 0.2) is 0 Å². The number of ether oxygens (including phenoxy) is 2. The maximum Gasteiger partial charge on any atom is 0.270 e. The number of carbonyl (C=O) groups excluding carboxylic acids is 2. The molecule has 2 aromatic rings. The highest BCUT2D eigenvalue weighted by molar-refractivity contribution is 5.97. The zero-order chi connectivity index (χ0) is 23.8. The van der Waals surface area contributed by atoms with Crippen LogP contribution in [0.3, 0.4) is 0 Å². The van der Waals surface area contributed by atoms with Gasteiger partial charge in [0.2, 0.25) is 0 Å². The third-order valence-corrected chi connectivity index (χ3v) is 5.89. The van der Waals surface area contributed by atoms with Crippen LogP contribution in [0.15, 0.2) is 30.5 Å². The number of aromatic nitrogens is 1. The SMILES string of the molecule is COc1c([C@H]2[C@H](C(=O)Nc3ccnc(C(N)=O)c3)OC(C)(C)[C@H]2C)ccc(F)c1C(F)F. The number of alkyl halides is 2. The zero-order valence-electron chi connectivity index (χ0n) is 18.0. The second-order valence-electron chi connectivity index (χ2n) is 8.12. The molecule has 0 bridgehead atoms. The first kappa shape index (κ1) is 23.5. The summed E-state index contributed by atoms with van der Waals surface area (Å²) < 4.78 is 52.4. The summed E-state index contributed by atoms with van der Waals surface area (Å²) in [6.45, 7) is 5.37. The number of anilines is 1. The minimum Gasteiger partial charge on any atom is -0.496 e. The predicted octanol–water partition coefficient (Wildman–Crippen LogP) is 3.80. The van der Waals surface area contributed by atoms with Gasteiger partial charge in [0.05, 0.1) is 18.3 Å². The average molecular weight is 451 g/mol. The second kappa shape index (κ2) is 8.78. The summed E-state index contributed by atoms with van der Waals surface area (Å²) in [6, 6.07) is 5.06. The van der Waals surface area contributed by atoms with Crippen LogP contribution in [0.5, 0.6) is 5.75 Å². The fraction of sp³-hybridized carbons (Fsp3) is 0.409. The van der Waals surface area contributed by atoms with Gasteiger partial charge >= 0.3 is 0 Å². The Balaban J connectivity index is 2.03. The number of pyridine rings is 1. The Labute approximate surface area is 183 Å². The van der Waals surface area contributed by atoms with Crippen LogP contribution in [0.1, 0.15) is 54.7 Å². The smallest absolute Gasteiger partial charge is 0.270 e. The predicted molar refractivity (Wildman–Crippen MR) is 110 cm³/mol. The molecule has 0 radical (unpaired) electrons. The molecule has 2 heterocycles. The van der Waals surface area contributed by atoms with Gasteiger partial charge in [0.1, 0.15) is 23.4 Å². The van der Waals surface area contributed by atoms with Gasteiger partial charge in [-0.05, 0) is 38.0 Å². The van der Waals surface area contributed by atoms with E-state index in [2.05, 4.69) is 10.3 Å². The first-order valence-corrected chi connectivity index (χ1v) is 9.87. The number of hydrogen-bond donors (Lipinski definition) is 2. The second-order valence-corrected chi connectivity index (χ2v) is 8.12. The van der Waals surface area contributed by atoms with Crippen LogP contribution in [-0.4, -0.2) is 35.6 Å². The van der Waals surface area contributed by atoms with Crippen LogP contribution < -0.4 is 15.8 Å². The molecule has 3 N–H and O–H groups in total. The highest BCUT2D eigenvalue weighted by atomic mass is 19.3. The molecule has 1 aliphatic heterocycles. The van der Waals surface area contributed by atoms with E-state index < -0.39 is 47.2 Å². The molecule has 172 valence electrons. The monoisotopic (exact) mass is 451 g/mol. The van der Waals surface area contributed by atoms with Crippen molar-refractivity contribution in [3.63, 3.8) is 0 Å². The number of methoxy groups -OCH3 is 1. The number of nitrogens with zero attached hydrogens (tertiary/aromatic N) is 1. The number of benzene rings is 1. The van der Waals surface area contributed by atoms with Crippen molar-refractivity contribution in [1.29, 1.82) is 0 Å². The lowest BCUT2D eigenvalue weighted by Gasteiger charge is -2.26. The summed E-state index contributed by atoms with van der Waals surface area (Å²) in [6.07, 6.45) is -2.89. The van der Waals surface area contributed by atoms with Gasteiger partial charge in [-0.25, -0.2) is 13.2 Å². The number of hydrogen-bond acceptors (Lipinski definition) is 5. The van der Waals surface area contributed by atoms with Crippen molar-refractivity contribution in [2.75, 3.05) is 12.4 Å².